The molecule has 0 aromatic heterocycles. The minimum atomic E-state index is -0.446. The fourth-order valence-electron chi connectivity index (χ4n) is 4.36. The summed E-state index contributed by atoms with van der Waals surface area (Å²) in [5, 5.41) is 8.39. The third-order valence-electron chi connectivity index (χ3n) is 6.09. The van der Waals surface area contributed by atoms with Gasteiger partial charge in [0.2, 0.25) is 0 Å². The molecule has 0 amide bonds. The van der Waals surface area contributed by atoms with E-state index in [1.54, 1.807) is 0 Å². The van der Waals surface area contributed by atoms with Gasteiger partial charge in [0.15, 0.2) is 0 Å². The van der Waals surface area contributed by atoms with Gasteiger partial charge in [-0.25, -0.2) is 0 Å². The van der Waals surface area contributed by atoms with Gasteiger partial charge in [0.05, 0.1) is 0 Å². The van der Waals surface area contributed by atoms with Gasteiger partial charge in [-0.1, -0.05) is 182 Å². The minimum absolute atomic E-state index is 0. The van der Waals surface area contributed by atoms with Crippen LogP contribution < -0.4 is 31.8 Å². The molecule has 6 aromatic carbocycles. The Bertz CT molecular complexity index is 1180. The van der Waals surface area contributed by atoms with Crippen LogP contribution in [0.5, 0.6) is 0 Å². The molecule has 0 bridgehead atoms. The van der Waals surface area contributed by atoms with Crippen molar-refractivity contribution in [3.05, 3.63) is 182 Å². The molecule has 0 N–H and O–H groups in total. The predicted molar refractivity (Wildman–Crippen MR) is 181 cm³/mol. The van der Waals surface area contributed by atoms with Crippen molar-refractivity contribution in [1.82, 2.24) is 0 Å². The van der Waals surface area contributed by atoms with Crippen molar-refractivity contribution >= 4 is 64.7 Å². The average Bonchev–Trinajstić information content (AvgIpc) is 3.01. The van der Waals surface area contributed by atoms with E-state index < -0.39 is 15.8 Å². The summed E-state index contributed by atoms with van der Waals surface area (Å²) in [6.45, 7) is 0. The van der Waals surface area contributed by atoms with Gasteiger partial charge in [0.1, 0.15) is 0 Å². The first-order chi connectivity index (χ1) is 18.9. The molecule has 0 atom stereocenters. The monoisotopic (exact) mass is 797 g/mol. The zero-order chi connectivity index (χ0) is 25.8. The maximum Gasteiger partial charge on any atom is 0 e. The Morgan fingerprint density at radius 1 is 0.225 bits per heavy atom. The van der Waals surface area contributed by atoms with Crippen molar-refractivity contribution in [1.29, 1.82) is 0 Å². The smallest absolute Gasteiger partial charge is 0 e. The molecule has 0 spiro atoms. The molecular weight excluding hydrogens is 766 g/mol. The Labute approximate surface area is 265 Å². The topological polar surface area (TPSA) is 0 Å². The molecule has 0 saturated carbocycles. The quantitative estimate of drug-likeness (QED) is 0.154. The summed E-state index contributed by atoms with van der Waals surface area (Å²) in [6, 6.07) is 64.7. The van der Waals surface area contributed by atoms with Gasteiger partial charge in [-0.15, -0.1) is 17.0 Å². The summed E-state index contributed by atoms with van der Waals surface area (Å²) in [5.74, 6) is 0. The van der Waals surface area contributed by atoms with E-state index in [2.05, 4.69) is 182 Å². The molecule has 0 nitrogen and oxygen atoms in total. The van der Waals surface area contributed by atoms with E-state index in [4.69, 9.17) is 0 Å². The number of hydrogen-bond acceptors (Lipinski definition) is 0. The first-order valence-corrected chi connectivity index (χ1v) is 15.5. The molecule has 6 rings (SSSR count). The van der Waals surface area contributed by atoms with E-state index in [1.807, 2.05) is 0 Å². The van der Waals surface area contributed by atoms with Crippen LogP contribution in [0.4, 0.5) is 0 Å². The minimum Gasteiger partial charge on any atom is -0.114 e. The van der Waals surface area contributed by atoms with E-state index in [-0.39, 0.29) is 37.1 Å². The Kier molecular flexibility index (Phi) is 13.7. The largest absolute Gasteiger partial charge is 0.114 e. The summed E-state index contributed by atoms with van der Waals surface area (Å²) in [7, 11) is -0.892. The molecule has 0 aliphatic carbocycles. The molecule has 0 aliphatic rings. The Balaban J connectivity index is 0.000000210. The summed E-state index contributed by atoms with van der Waals surface area (Å²) < 4.78 is 0. The number of halogens is 1. The second-order valence-corrected chi connectivity index (χ2v) is 13.1. The third kappa shape index (κ3) is 8.65. The Morgan fingerprint density at radius 2 is 0.350 bits per heavy atom. The number of hydrogen-bond donors (Lipinski definition) is 0. The zero-order valence-electron chi connectivity index (χ0n) is 22.0. The maximum absolute atomic E-state index is 2.23. The van der Waals surface area contributed by atoms with E-state index in [0.29, 0.717) is 0 Å². The van der Waals surface area contributed by atoms with Crippen LogP contribution in [0.2, 0.25) is 0 Å². The van der Waals surface area contributed by atoms with Crippen LogP contribution in [0.15, 0.2) is 182 Å². The van der Waals surface area contributed by atoms with Crippen molar-refractivity contribution in [3.63, 3.8) is 0 Å². The summed E-state index contributed by atoms with van der Waals surface area (Å²) in [6.07, 6.45) is 0. The SMILES string of the molecule is Br.[Ir].c1ccc(P(c2ccccc2)c2ccccc2)cc1.c1ccc(P(c2ccccc2)c2ccccc2)cc1. The molecule has 201 valence electrons. The fraction of sp³-hybridized carbons (Fsp3) is 0. The van der Waals surface area contributed by atoms with Gasteiger partial charge in [0, 0.05) is 20.1 Å². The third-order valence-corrected chi connectivity index (χ3v) is 11.0. The van der Waals surface area contributed by atoms with Crippen LogP contribution in [0.3, 0.4) is 0 Å². The molecule has 0 unspecified atom stereocenters. The van der Waals surface area contributed by atoms with Crippen LogP contribution >= 0.6 is 32.8 Å². The van der Waals surface area contributed by atoms with Crippen molar-refractivity contribution in [2.45, 2.75) is 0 Å². The van der Waals surface area contributed by atoms with Crippen LogP contribution in [0.1, 0.15) is 0 Å². The van der Waals surface area contributed by atoms with Crippen LogP contribution in [0, 0.1) is 0 Å². The van der Waals surface area contributed by atoms with Crippen LogP contribution in [-0.2, 0) is 20.1 Å². The molecule has 4 heteroatoms. The zero-order valence-corrected chi connectivity index (χ0v) is 27.9. The van der Waals surface area contributed by atoms with Gasteiger partial charge in [0.25, 0.3) is 0 Å². The second-order valence-electron chi connectivity index (χ2n) is 8.68. The number of benzene rings is 6. The van der Waals surface area contributed by atoms with Gasteiger partial charge >= 0.3 is 0 Å². The Morgan fingerprint density at radius 3 is 0.475 bits per heavy atom. The first-order valence-electron chi connectivity index (χ1n) is 12.8. The average molecular weight is 798 g/mol. The van der Waals surface area contributed by atoms with Crippen molar-refractivity contribution in [2.75, 3.05) is 0 Å². The predicted octanol–water partition coefficient (Wildman–Crippen LogP) is 7.47. The van der Waals surface area contributed by atoms with E-state index >= 15 is 0 Å². The molecule has 0 aliphatic heterocycles. The summed E-state index contributed by atoms with van der Waals surface area (Å²) in [4.78, 5) is 0. The second kappa shape index (κ2) is 17.2. The first kappa shape index (κ1) is 31.8. The normalized spacial score (nSPS) is 10.1. The van der Waals surface area contributed by atoms with Crippen LogP contribution in [0.25, 0.3) is 0 Å². The van der Waals surface area contributed by atoms with Crippen molar-refractivity contribution in [2.24, 2.45) is 0 Å². The molecule has 1 radical (unpaired) electrons. The number of rotatable bonds is 6. The standard InChI is InChI=1S/2C18H15P.BrH.Ir/c2*1-4-10-16(11-5-1)19(17-12-6-2-7-13-17)18-14-8-3-9-15-18;;/h2*1-15H;1H;. The van der Waals surface area contributed by atoms with Gasteiger partial charge in [-0.2, -0.15) is 0 Å². The van der Waals surface area contributed by atoms with Crippen molar-refractivity contribution in [3.8, 4) is 0 Å². The molecule has 6 aromatic rings. The maximum atomic E-state index is 2.23. The molecule has 0 fully saturated rings. The molecular formula is C36H31BrIrP2. The van der Waals surface area contributed by atoms with E-state index in [0.717, 1.165) is 0 Å². The van der Waals surface area contributed by atoms with Crippen LogP contribution in [-0.4, -0.2) is 0 Å². The van der Waals surface area contributed by atoms with Gasteiger partial charge in [-0.05, 0) is 47.7 Å². The fourth-order valence-corrected chi connectivity index (χ4v) is 8.97. The summed E-state index contributed by atoms with van der Waals surface area (Å²) >= 11 is 0. The van der Waals surface area contributed by atoms with E-state index in [1.165, 1.54) is 31.8 Å². The Hall–Kier alpha value is -2.69. The molecule has 40 heavy (non-hydrogen) atoms. The van der Waals surface area contributed by atoms with Gasteiger partial charge < -0.3 is 0 Å². The molecule has 0 heterocycles. The van der Waals surface area contributed by atoms with Gasteiger partial charge in [-0.3, -0.25) is 0 Å². The van der Waals surface area contributed by atoms with E-state index in [9.17, 15) is 0 Å². The summed E-state index contributed by atoms with van der Waals surface area (Å²) in [5.41, 5.74) is 0. The molecule has 0 saturated heterocycles. The van der Waals surface area contributed by atoms with Crippen molar-refractivity contribution < 1.29 is 20.1 Å².